The summed E-state index contributed by atoms with van der Waals surface area (Å²) in [6, 6.07) is 16.5. The molecule has 0 bridgehead atoms. The van der Waals surface area contributed by atoms with Crippen molar-refractivity contribution in [2.24, 2.45) is 0 Å². The van der Waals surface area contributed by atoms with Gasteiger partial charge in [-0.05, 0) is 44.0 Å². The molecule has 0 amide bonds. The van der Waals surface area contributed by atoms with Crippen LogP contribution in [-0.2, 0) is 20.2 Å². The third-order valence-electron chi connectivity index (χ3n) is 4.84. The number of aromatic nitrogens is 3. The van der Waals surface area contributed by atoms with Gasteiger partial charge in [0.1, 0.15) is 5.60 Å². The lowest BCUT2D eigenvalue weighted by atomic mass is 10.0. The average molecular weight is 383 g/mol. The van der Waals surface area contributed by atoms with Gasteiger partial charge in [-0.25, -0.2) is 18.1 Å². The Morgan fingerprint density at radius 2 is 1.78 bits per heavy atom. The number of hydrogen-bond donors (Lipinski definition) is 0. The predicted octanol–water partition coefficient (Wildman–Crippen LogP) is 3.36. The van der Waals surface area contributed by atoms with Crippen LogP contribution in [0, 0.1) is 0 Å². The highest BCUT2D eigenvalue weighted by Gasteiger charge is 2.37. The molecule has 0 spiro atoms. The molecular weight excluding hydrogens is 362 g/mol. The Balaban J connectivity index is 1.84. The average Bonchev–Trinajstić information content (AvgIpc) is 3.30. The van der Waals surface area contributed by atoms with Crippen molar-refractivity contribution < 1.29 is 13.2 Å². The Labute approximate surface area is 158 Å². The first-order chi connectivity index (χ1) is 12.9. The minimum Gasteiger partial charge on any atom is -0.367 e. The van der Waals surface area contributed by atoms with E-state index in [1.165, 1.54) is 6.26 Å². The second-order valence-corrected chi connectivity index (χ2v) is 9.00. The van der Waals surface area contributed by atoms with Crippen molar-refractivity contribution in [3.63, 3.8) is 0 Å². The van der Waals surface area contributed by atoms with Crippen LogP contribution >= 0.6 is 0 Å². The standard InChI is InChI=1S/C20H21N3O3S/c1-20(13-6-14-26-20)19-21-18(15-7-4-3-5-8-15)22-23(19)16-9-11-17(12-10-16)27(2,24)25/h3-5,7-12H,6,13-14H2,1-2H3/t20-/m0/s1. The van der Waals surface area contributed by atoms with Gasteiger partial charge in [-0.3, -0.25) is 0 Å². The summed E-state index contributed by atoms with van der Waals surface area (Å²) in [5.41, 5.74) is 1.16. The zero-order chi connectivity index (χ0) is 19.1. The summed E-state index contributed by atoms with van der Waals surface area (Å²) < 4.78 is 31.2. The predicted molar refractivity (Wildman–Crippen MR) is 102 cm³/mol. The monoisotopic (exact) mass is 383 g/mol. The summed E-state index contributed by atoms with van der Waals surface area (Å²) in [4.78, 5) is 5.07. The summed E-state index contributed by atoms with van der Waals surface area (Å²) in [6.45, 7) is 2.72. The fourth-order valence-electron chi connectivity index (χ4n) is 3.33. The highest BCUT2D eigenvalue weighted by Crippen LogP contribution is 2.36. The number of benzene rings is 2. The molecule has 0 aliphatic carbocycles. The number of nitrogens with zero attached hydrogens (tertiary/aromatic N) is 3. The second kappa shape index (κ2) is 6.58. The molecule has 2 aromatic carbocycles. The molecule has 140 valence electrons. The third kappa shape index (κ3) is 3.40. The summed E-state index contributed by atoms with van der Waals surface area (Å²) in [5.74, 6) is 1.35. The van der Waals surface area contributed by atoms with Crippen LogP contribution in [0.1, 0.15) is 25.6 Å². The first kappa shape index (κ1) is 17.9. The summed E-state index contributed by atoms with van der Waals surface area (Å²) in [6.07, 6.45) is 3.03. The van der Waals surface area contributed by atoms with E-state index in [2.05, 4.69) is 0 Å². The first-order valence-corrected chi connectivity index (χ1v) is 10.7. The highest BCUT2D eigenvalue weighted by atomic mass is 32.2. The summed E-state index contributed by atoms with van der Waals surface area (Å²) in [5, 5.41) is 4.71. The molecule has 1 fully saturated rings. The molecule has 0 saturated carbocycles. The maximum absolute atomic E-state index is 11.7. The Morgan fingerprint density at radius 3 is 2.37 bits per heavy atom. The van der Waals surface area contributed by atoms with Crippen LogP contribution < -0.4 is 0 Å². The van der Waals surface area contributed by atoms with Crippen molar-refractivity contribution in [2.75, 3.05) is 12.9 Å². The van der Waals surface area contributed by atoms with Crippen molar-refractivity contribution in [1.29, 1.82) is 0 Å². The summed E-state index contributed by atoms with van der Waals surface area (Å²) >= 11 is 0. The fraction of sp³-hybridized carbons (Fsp3) is 0.300. The van der Waals surface area contributed by atoms with Gasteiger partial charge in [-0.15, -0.1) is 5.10 Å². The van der Waals surface area contributed by atoms with E-state index in [1.807, 2.05) is 37.3 Å². The van der Waals surface area contributed by atoms with Gasteiger partial charge in [-0.2, -0.15) is 0 Å². The van der Waals surface area contributed by atoms with Gasteiger partial charge >= 0.3 is 0 Å². The van der Waals surface area contributed by atoms with E-state index >= 15 is 0 Å². The lowest BCUT2D eigenvalue weighted by Crippen LogP contribution is -2.25. The molecule has 6 nitrogen and oxygen atoms in total. The second-order valence-electron chi connectivity index (χ2n) is 6.99. The van der Waals surface area contributed by atoms with E-state index in [-0.39, 0.29) is 4.90 Å². The highest BCUT2D eigenvalue weighted by molar-refractivity contribution is 7.90. The van der Waals surface area contributed by atoms with Crippen LogP contribution in [-0.4, -0.2) is 36.0 Å². The zero-order valence-electron chi connectivity index (χ0n) is 15.3. The molecule has 2 heterocycles. The molecule has 1 saturated heterocycles. The van der Waals surface area contributed by atoms with E-state index in [9.17, 15) is 8.42 Å². The number of sulfone groups is 1. The minimum absolute atomic E-state index is 0.277. The molecule has 27 heavy (non-hydrogen) atoms. The topological polar surface area (TPSA) is 74.1 Å². The third-order valence-corrected chi connectivity index (χ3v) is 5.97. The number of hydrogen-bond acceptors (Lipinski definition) is 5. The smallest absolute Gasteiger partial charge is 0.181 e. The molecule has 0 unspecified atom stereocenters. The molecule has 1 atom stereocenters. The van der Waals surface area contributed by atoms with Gasteiger partial charge < -0.3 is 4.74 Å². The molecule has 1 aromatic heterocycles. The molecule has 3 aromatic rings. The van der Waals surface area contributed by atoms with Gasteiger partial charge in [0.05, 0.1) is 10.6 Å². The normalized spacial score (nSPS) is 20.1. The Hall–Kier alpha value is -2.51. The maximum atomic E-state index is 11.7. The lowest BCUT2D eigenvalue weighted by Gasteiger charge is -2.22. The van der Waals surface area contributed by atoms with Crippen LogP contribution in [0.25, 0.3) is 17.1 Å². The van der Waals surface area contributed by atoms with Gasteiger partial charge in [0.2, 0.25) is 0 Å². The maximum Gasteiger partial charge on any atom is 0.181 e. The van der Waals surface area contributed by atoms with E-state index in [0.29, 0.717) is 12.4 Å². The Bertz CT molecular complexity index is 1050. The fourth-order valence-corrected chi connectivity index (χ4v) is 3.96. The van der Waals surface area contributed by atoms with Crippen molar-refractivity contribution >= 4 is 9.84 Å². The molecule has 4 rings (SSSR count). The SMILES string of the molecule is C[C@@]1(c2nc(-c3ccccc3)nn2-c2ccc(S(C)(=O)=O)cc2)CCCO1. The Kier molecular flexibility index (Phi) is 4.36. The zero-order valence-corrected chi connectivity index (χ0v) is 16.1. The summed E-state index contributed by atoms with van der Waals surface area (Å²) in [7, 11) is -3.25. The molecule has 7 heteroatoms. The van der Waals surface area contributed by atoms with Gasteiger partial charge in [0.15, 0.2) is 21.5 Å². The first-order valence-electron chi connectivity index (χ1n) is 8.84. The molecule has 0 N–H and O–H groups in total. The molecule has 1 aliphatic heterocycles. The molecule has 1 aliphatic rings. The van der Waals surface area contributed by atoms with Crippen LogP contribution in [0.3, 0.4) is 0 Å². The van der Waals surface area contributed by atoms with E-state index in [1.54, 1.807) is 28.9 Å². The van der Waals surface area contributed by atoms with Crippen LogP contribution in [0.15, 0.2) is 59.5 Å². The largest absolute Gasteiger partial charge is 0.367 e. The molecular formula is C20H21N3O3S. The van der Waals surface area contributed by atoms with Crippen LogP contribution in [0.5, 0.6) is 0 Å². The van der Waals surface area contributed by atoms with Gasteiger partial charge in [-0.1, -0.05) is 30.3 Å². The van der Waals surface area contributed by atoms with Crippen molar-refractivity contribution in [3.8, 4) is 17.1 Å². The van der Waals surface area contributed by atoms with E-state index in [4.69, 9.17) is 14.8 Å². The van der Waals surface area contributed by atoms with Crippen molar-refractivity contribution in [3.05, 3.63) is 60.4 Å². The van der Waals surface area contributed by atoms with Crippen molar-refractivity contribution in [2.45, 2.75) is 30.3 Å². The Morgan fingerprint density at radius 1 is 1.07 bits per heavy atom. The number of ether oxygens (including phenoxy) is 1. The lowest BCUT2D eigenvalue weighted by molar-refractivity contribution is 0.00768. The van der Waals surface area contributed by atoms with Crippen LogP contribution in [0.4, 0.5) is 0 Å². The number of rotatable bonds is 4. The quantitative estimate of drug-likeness (QED) is 0.691. The van der Waals surface area contributed by atoms with Gasteiger partial charge in [0.25, 0.3) is 0 Å². The molecule has 0 radical (unpaired) electrons. The van der Waals surface area contributed by atoms with E-state index < -0.39 is 15.4 Å². The van der Waals surface area contributed by atoms with Crippen molar-refractivity contribution in [1.82, 2.24) is 14.8 Å². The minimum atomic E-state index is -3.25. The van der Waals surface area contributed by atoms with Crippen LogP contribution in [0.2, 0.25) is 0 Å². The van der Waals surface area contributed by atoms with Gasteiger partial charge in [0, 0.05) is 18.4 Å². The van der Waals surface area contributed by atoms with E-state index in [0.717, 1.165) is 29.9 Å².